The van der Waals surface area contributed by atoms with Gasteiger partial charge in [-0.15, -0.1) is 0 Å². The van der Waals surface area contributed by atoms with Gasteiger partial charge >= 0.3 is 5.97 Å². The normalized spacial score (nSPS) is 12.4. The lowest BCUT2D eigenvalue weighted by atomic mass is 10.2. The van der Waals surface area contributed by atoms with Crippen molar-refractivity contribution in [1.82, 2.24) is 14.9 Å². The number of hydrogen-bond donors (Lipinski definition) is 3. The van der Waals surface area contributed by atoms with Crippen LogP contribution in [0.1, 0.15) is 37.6 Å². The number of aliphatic carboxylic acids is 1. The lowest BCUT2D eigenvalue weighted by Crippen LogP contribution is -2.41. The SMILES string of the molecule is CCN(CC)S(=O)(=O)c1cccc(C(=O)NCC(=O)NC(C)CC(=O)O)c1. The number of rotatable bonds is 10. The van der Waals surface area contributed by atoms with E-state index in [2.05, 4.69) is 10.6 Å². The molecule has 1 aromatic rings. The molecule has 150 valence electrons. The van der Waals surface area contributed by atoms with Crippen molar-refractivity contribution in [2.24, 2.45) is 0 Å². The number of nitrogens with zero attached hydrogens (tertiary/aromatic N) is 1. The molecule has 27 heavy (non-hydrogen) atoms. The standard InChI is InChI=1S/C17H25N3O6S/c1-4-20(5-2)27(25,26)14-8-6-7-13(10-14)17(24)18-11-15(21)19-12(3)9-16(22)23/h6-8,10,12H,4-5,9,11H2,1-3H3,(H,18,24)(H,19,21)(H,22,23). The van der Waals surface area contributed by atoms with Crippen LogP contribution in [0.2, 0.25) is 0 Å². The molecule has 2 amide bonds. The number of amides is 2. The molecule has 9 nitrogen and oxygen atoms in total. The van der Waals surface area contributed by atoms with Crippen LogP contribution < -0.4 is 10.6 Å². The average Bonchev–Trinajstić information content (AvgIpc) is 2.59. The maximum atomic E-state index is 12.5. The molecule has 0 fully saturated rings. The van der Waals surface area contributed by atoms with E-state index >= 15 is 0 Å². The van der Waals surface area contributed by atoms with Crippen molar-refractivity contribution >= 4 is 27.8 Å². The minimum absolute atomic E-state index is 0.00150. The van der Waals surface area contributed by atoms with Crippen LogP contribution in [0.5, 0.6) is 0 Å². The van der Waals surface area contributed by atoms with Gasteiger partial charge in [0.1, 0.15) is 0 Å². The number of carbonyl (C=O) groups excluding carboxylic acids is 2. The minimum atomic E-state index is -3.70. The maximum Gasteiger partial charge on any atom is 0.305 e. The van der Waals surface area contributed by atoms with Crippen LogP contribution in [-0.2, 0) is 19.6 Å². The summed E-state index contributed by atoms with van der Waals surface area (Å²) in [4.78, 5) is 34.5. The first-order chi connectivity index (χ1) is 12.6. The van der Waals surface area contributed by atoms with Gasteiger partial charge in [0.2, 0.25) is 15.9 Å². The van der Waals surface area contributed by atoms with Crippen LogP contribution in [0.15, 0.2) is 29.2 Å². The summed E-state index contributed by atoms with van der Waals surface area (Å²) in [6.07, 6.45) is -0.231. The maximum absolute atomic E-state index is 12.5. The Kier molecular flexibility index (Phi) is 8.38. The first kappa shape index (κ1) is 22.6. The molecule has 1 rings (SSSR count). The second kappa shape index (κ2) is 10.0. The van der Waals surface area contributed by atoms with Crippen molar-refractivity contribution in [2.45, 2.75) is 38.1 Å². The fourth-order valence-corrected chi connectivity index (χ4v) is 3.92. The Bertz CT molecular complexity index is 790. The zero-order valence-corrected chi connectivity index (χ0v) is 16.4. The van der Waals surface area contributed by atoms with E-state index in [1.165, 1.54) is 35.5 Å². The molecule has 1 atom stereocenters. The smallest absolute Gasteiger partial charge is 0.305 e. The second-order valence-corrected chi connectivity index (χ2v) is 7.80. The number of carboxylic acid groups (broad SMARTS) is 1. The Morgan fingerprint density at radius 1 is 1.19 bits per heavy atom. The number of nitrogens with one attached hydrogen (secondary N) is 2. The van der Waals surface area contributed by atoms with Crippen LogP contribution in [0, 0.1) is 0 Å². The highest BCUT2D eigenvalue weighted by Gasteiger charge is 2.22. The third-order valence-electron chi connectivity index (χ3n) is 3.74. The molecule has 1 aromatic carbocycles. The van der Waals surface area contributed by atoms with E-state index < -0.39 is 33.8 Å². The minimum Gasteiger partial charge on any atom is -0.481 e. The lowest BCUT2D eigenvalue weighted by molar-refractivity contribution is -0.137. The first-order valence-corrected chi connectivity index (χ1v) is 9.95. The van der Waals surface area contributed by atoms with Crippen LogP contribution in [0.4, 0.5) is 0 Å². The van der Waals surface area contributed by atoms with Gasteiger partial charge in [0, 0.05) is 24.7 Å². The van der Waals surface area contributed by atoms with Crippen molar-refractivity contribution in [2.75, 3.05) is 19.6 Å². The van der Waals surface area contributed by atoms with Crippen LogP contribution in [0.3, 0.4) is 0 Å². The molecular formula is C17H25N3O6S. The fourth-order valence-electron chi connectivity index (χ4n) is 2.41. The van der Waals surface area contributed by atoms with Gasteiger partial charge in [-0.2, -0.15) is 4.31 Å². The summed E-state index contributed by atoms with van der Waals surface area (Å²) in [5.74, 6) is -2.19. The summed E-state index contributed by atoms with van der Waals surface area (Å²) in [7, 11) is -3.70. The molecule has 0 radical (unpaired) electrons. The van der Waals surface area contributed by atoms with Crippen LogP contribution in [0.25, 0.3) is 0 Å². The number of hydrogen-bond acceptors (Lipinski definition) is 5. The van der Waals surface area contributed by atoms with Gasteiger partial charge in [0.15, 0.2) is 0 Å². The molecule has 0 aliphatic carbocycles. The van der Waals surface area contributed by atoms with E-state index in [0.717, 1.165) is 0 Å². The molecule has 0 saturated carbocycles. The summed E-state index contributed by atoms with van der Waals surface area (Å²) in [5, 5.41) is 13.5. The molecule has 0 spiro atoms. The van der Waals surface area contributed by atoms with Gasteiger partial charge in [-0.25, -0.2) is 8.42 Å². The Balaban J connectivity index is 2.77. The molecule has 0 aliphatic rings. The number of carboxylic acids is 1. The van der Waals surface area contributed by atoms with Crippen LogP contribution >= 0.6 is 0 Å². The van der Waals surface area contributed by atoms with Crippen LogP contribution in [-0.4, -0.2) is 61.3 Å². The Hall–Kier alpha value is -2.46. The Morgan fingerprint density at radius 2 is 1.81 bits per heavy atom. The highest BCUT2D eigenvalue weighted by molar-refractivity contribution is 7.89. The summed E-state index contributed by atoms with van der Waals surface area (Å²) in [6, 6.07) is 5.00. The fraction of sp³-hybridized carbons (Fsp3) is 0.471. The average molecular weight is 399 g/mol. The van der Waals surface area contributed by atoms with E-state index in [-0.39, 0.29) is 23.4 Å². The van der Waals surface area contributed by atoms with Gasteiger partial charge in [-0.1, -0.05) is 19.9 Å². The molecule has 1 unspecified atom stereocenters. The zero-order chi connectivity index (χ0) is 20.6. The molecular weight excluding hydrogens is 374 g/mol. The van der Waals surface area contributed by atoms with Crippen molar-refractivity contribution in [3.8, 4) is 0 Å². The summed E-state index contributed by atoms with van der Waals surface area (Å²) in [5.41, 5.74) is 0.106. The topological polar surface area (TPSA) is 133 Å². The van der Waals surface area contributed by atoms with Gasteiger partial charge in [-0.3, -0.25) is 14.4 Å². The molecule has 0 aliphatic heterocycles. The van der Waals surface area contributed by atoms with Gasteiger partial charge in [-0.05, 0) is 25.1 Å². The molecule has 10 heteroatoms. The lowest BCUT2D eigenvalue weighted by Gasteiger charge is -2.18. The predicted molar refractivity (Wildman–Crippen MR) is 98.7 cm³/mol. The highest BCUT2D eigenvalue weighted by atomic mass is 32.2. The Labute approximate surface area is 158 Å². The van der Waals surface area contributed by atoms with E-state index in [1.807, 2.05) is 0 Å². The quantitative estimate of drug-likeness (QED) is 0.522. The Morgan fingerprint density at radius 3 is 2.37 bits per heavy atom. The zero-order valence-electron chi connectivity index (χ0n) is 15.6. The largest absolute Gasteiger partial charge is 0.481 e. The monoisotopic (exact) mass is 399 g/mol. The molecule has 0 aromatic heterocycles. The van der Waals surface area contributed by atoms with Gasteiger partial charge in [0.25, 0.3) is 5.91 Å². The summed E-state index contributed by atoms with van der Waals surface area (Å²) in [6.45, 7) is 5.25. The third-order valence-corrected chi connectivity index (χ3v) is 5.78. The van der Waals surface area contributed by atoms with Gasteiger partial charge in [0.05, 0.1) is 17.9 Å². The van der Waals surface area contributed by atoms with Crippen molar-refractivity contribution in [1.29, 1.82) is 0 Å². The van der Waals surface area contributed by atoms with Crippen molar-refractivity contribution < 1.29 is 27.9 Å². The number of carbonyl (C=O) groups is 3. The van der Waals surface area contributed by atoms with Crippen molar-refractivity contribution in [3.63, 3.8) is 0 Å². The van der Waals surface area contributed by atoms with Gasteiger partial charge < -0.3 is 15.7 Å². The third kappa shape index (κ3) is 6.65. The first-order valence-electron chi connectivity index (χ1n) is 8.51. The highest BCUT2D eigenvalue weighted by Crippen LogP contribution is 2.16. The molecule has 0 saturated heterocycles. The van der Waals surface area contributed by atoms with E-state index in [4.69, 9.17) is 5.11 Å². The van der Waals surface area contributed by atoms with E-state index in [0.29, 0.717) is 13.1 Å². The second-order valence-electron chi connectivity index (χ2n) is 5.87. The van der Waals surface area contributed by atoms with E-state index in [9.17, 15) is 22.8 Å². The molecule has 0 bridgehead atoms. The molecule has 0 heterocycles. The van der Waals surface area contributed by atoms with E-state index in [1.54, 1.807) is 13.8 Å². The number of benzene rings is 1. The predicted octanol–water partition coefficient (Wildman–Crippen LogP) is 0.426. The number of sulfonamides is 1. The molecule has 3 N–H and O–H groups in total. The summed E-state index contributed by atoms with van der Waals surface area (Å²) < 4.78 is 26.3. The van der Waals surface area contributed by atoms with Crippen molar-refractivity contribution in [3.05, 3.63) is 29.8 Å². The summed E-state index contributed by atoms with van der Waals surface area (Å²) >= 11 is 0.